The Morgan fingerprint density at radius 2 is 1.92 bits per heavy atom. The summed E-state index contributed by atoms with van der Waals surface area (Å²) in [6.07, 6.45) is 11.4. The summed E-state index contributed by atoms with van der Waals surface area (Å²) in [7, 11) is 0. The van der Waals surface area contributed by atoms with Gasteiger partial charge < -0.3 is 9.47 Å². The molecule has 1 aromatic rings. The standard InChI is InChI=1S/C22H25NO3/c1-2-21(24)26-17-9-4-3-8-16-25-20-12-14-22(18-23,15-13-20)19-10-6-5-7-11-19/h2,5-7,10-14H,1,3-4,8-9,15-17H2. The summed E-state index contributed by atoms with van der Waals surface area (Å²) in [6.45, 7) is 4.44. The zero-order chi connectivity index (χ0) is 18.7. The molecule has 0 heterocycles. The number of hydrogen-bond donors (Lipinski definition) is 0. The van der Waals surface area contributed by atoms with Crippen LogP contribution in [0.4, 0.5) is 0 Å². The molecule has 0 aliphatic heterocycles. The highest BCUT2D eigenvalue weighted by Gasteiger charge is 2.30. The number of nitriles is 1. The van der Waals surface area contributed by atoms with E-state index in [-0.39, 0.29) is 5.97 Å². The first-order chi connectivity index (χ1) is 12.7. The van der Waals surface area contributed by atoms with Crippen LogP contribution in [0.5, 0.6) is 0 Å². The minimum Gasteiger partial charge on any atom is -0.494 e. The van der Waals surface area contributed by atoms with E-state index in [2.05, 4.69) is 12.6 Å². The van der Waals surface area contributed by atoms with Gasteiger partial charge in [0.1, 0.15) is 11.2 Å². The molecule has 4 nitrogen and oxygen atoms in total. The van der Waals surface area contributed by atoms with Gasteiger partial charge in [-0.05, 0) is 49.8 Å². The minimum absolute atomic E-state index is 0.367. The van der Waals surface area contributed by atoms with E-state index in [4.69, 9.17) is 9.47 Å². The summed E-state index contributed by atoms with van der Waals surface area (Å²) in [5, 5.41) is 9.64. The van der Waals surface area contributed by atoms with Crippen molar-refractivity contribution in [3.63, 3.8) is 0 Å². The van der Waals surface area contributed by atoms with Gasteiger partial charge in [0.2, 0.25) is 0 Å². The van der Waals surface area contributed by atoms with Crippen LogP contribution < -0.4 is 0 Å². The number of carbonyl (C=O) groups excluding carboxylic acids is 1. The maximum atomic E-state index is 10.9. The van der Waals surface area contributed by atoms with Gasteiger partial charge in [-0.15, -0.1) is 0 Å². The van der Waals surface area contributed by atoms with Gasteiger partial charge in [0.25, 0.3) is 0 Å². The fraction of sp³-hybridized carbons (Fsp3) is 0.364. The summed E-state index contributed by atoms with van der Waals surface area (Å²) in [4.78, 5) is 10.9. The lowest BCUT2D eigenvalue weighted by Crippen LogP contribution is -2.22. The van der Waals surface area contributed by atoms with Crippen molar-refractivity contribution in [2.45, 2.75) is 37.5 Å². The van der Waals surface area contributed by atoms with E-state index in [9.17, 15) is 10.1 Å². The van der Waals surface area contributed by atoms with Crippen molar-refractivity contribution in [3.05, 3.63) is 72.5 Å². The molecule has 1 aliphatic carbocycles. The molecule has 0 radical (unpaired) electrons. The molecule has 1 aromatic carbocycles. The molecule has 1 atom stereocenters. The maximum Gasteiger partial charge on any atom is 0.330 e. The molecule has 0 spiro atoms. The van der Waals surface area contributed by atoms with Crippen molar-refractivity contribution < 1.29 is 14.3 Å². The molecule has 0 N–H and O–H groups in total. The first-order valence-corrected chi connectivity index (χ1v) is 8.98. The second kappa shape index (κ2) is 10.2. The number of unbranched alkanes of at least 4 members (excludes halogenated alkanes) is 3. The van der Waals surface area contributed by atoms with Crippen LogP contribution >= 0.6 is 0 Å². The van der Waals surface area contributed by atoms with Crippen LogP contribution in [0, 0.1) is 11.3 Å². The number of ether oxygens (including phenoxy) is 2. The fourth-order valence-electron chi connectivity index (χ4n) is 2.81. The van der Waals surface area contributed by atoms with E-state index in [0.717, 1.165) is 37.0 Å². The van der Waals surface area contributed by atoms with Gasteiger partial charge in [0.05, 0.1) is 19.3 Å². The Morgan fingerprint density at radius 3 is 2.54 bits per heavy atom. The van der Waals surface area contributed by atoms with Crippen molar-refractivity contribution in [2.75, 3.05) is 13.2 Å². The van der Waals surface area contributed by atoms with Gasteiger partial charge in [-0.2, -0.15) is 5.26 Å². The Hall–Kier alpha value is -2.80. The van der Waals surface area contributed by atoms with Crippen LogP contribution in [-0.4, -0.2) is 19.2 Å². The third kappa shape index (κ3) is 5.63. The van der Waals surface area contributed by atoms with Crippen molar-refractivity contribution in [3.8, 4) is 6.07 Å². The van der Waals surface area contributed by atoms with Crippen LogP contribution in [-0.2, 0) is 19.7 Å². The largest absolute Gasteiger partial charge is 0.494 e. The minimum atomic E-state index is -0.600. The summed E-state index contributed by atoms with van der Waals surface area (Å²) in [6, 6.07) is 12.3. The van der Waals surface area contributed by atoms with Crippen LogP contribution in [0.15, 0.2) is 67.0 Å². The quantitative estimate of drug-likeness (QED) is 0.351. The van der Waals surface area contributed by atoms with Crippen LogP contribution in [0.25, 0.3) is 0 Å². The molecule has 1 unspecified atom stereocenters. The SMILES string of the molecule is C=CC(=O)OCCCCCCOC1=CCC(C#N)(c2ccccc2)C=C1. The van der Waals surface area contributed by atoms with Crippen LogP contribution in [0.2, 0.25) is 0 Å². The molecular formula is C22H25NO3. The molecule has 4 heteroatoms. The van der Waals surface area contributed by atoms with Crippen molar-refractivity contribution in [2.24, 2.45) is 0 Å². The number of hydrogen-bond acceptors (Lipinski definition) is 4. The first kappa shape index (κ1) is 19.5. The molecule has 0 aromatic heterocycles. The lowest BCUT2D eigenvalue weighted by Gasteiger charge is -2.25. The lowest BCUT2D eigenvalue weighted by molar-refractivity contribution is -0.137. The van der Waals surface area contributed by atoms with E-state index in [1.807, 2.05) is 48.6 Å². The van der Waals surface area contributed by atoms with E-state index >= 15 is 0 Å². The van der Waals surface area contributed by atoms with Gasteiger partial charge in [0, 0.05) is 6.08 Å². The highest BCUT2D eigenvalue weighted by atomic mass is 16.5. The second-order valence-corrected chi connectivity index (χ2v) is 6.23. The molecule has 0 bridgehead atoms. The van der Waals surface area contributed by atoms with Gasteiger partial charge >= 0.3 is 5.97 Å². The Kier molecular flexibility index (Phi) is 7.70. The van der Waals surface area contributed by atoms with Crippen molar-refractivity contribution in [1.29, 1.82) is 5.26 Å². The average molecular weight is 351 g/mol. The Bertz CT molecular complexity index is 700. The van der Waals surface area contributed by atoms with Crippen LogP contribution in [0.1, 0.15) is 37.7 Å². The Labute approximate surface area is 155 Å². The smallest absolute Gasteiger partial charge is 0.330 e. The van der Waals surface area contributed by atoms with E-state index in [1.54, 1.807) is 0 Å². The van der Waals surface area contributed by atoms with Crippen LogP contribution in [0.3, 0.4) is 0 Å². The molecule has 0 fully saturated rings. The Morgan fingerprint density at radius 1 is 1.19 bits per heavy atom. The van der Waals surface area contributed by atoms with Crippen molar-refractivity contribution in [1.82, 2.24) is 0 Å². The summed E-state index contributed by atoms with van der Waals surface area (Å²) in [5.41, 5.74) is 0.406. The van der Waals surface area contributed by atoms with E-state index < -0.39 is 5.41 Å². The predicted molar refractivity (Wildman–Crippen MR) is 101 cm³/mol. The third-order valence-electron chi connectivity index (χ3n) is 4.36. The number of rotatable bonds is 10. The monoisotopic (exact) mass is 351 g/mol. The van der Waals surface area contributed by atoms with Gasteiger partial charge in [-0.1, -0.05) is 43.0 Å². The number of carbonyl (C=O) groups is 1. The molecule has 0 amide bonds. The third-order valence-corrected chi connectivity index (χ3v) is 4.36. The predicted octanol–water partition coefficient (Wildman–Crippen LogP) is 4.60. The summed E-state index contributed by atoms with van der Waals surface area (Å²) < 4.78 is 10.7. The topological polar surface area (TPSA) is 59.3 Å². The average Bonchev–Trinajstić information content (AvgIpc) is 2.71. The second-order valence-electron chi connectivity index (χ2n) is 6.23. The summed E-state index contributed by atoms with van der Waals surface area (Å²) >= 11 is 0. The molecular weight excluding hydrogens is 326 g/mol. The number of nitrogens with zero attached hydrogens (tertiary/aromatic N) is 1. The zero-order valence-corrected chi connectivity index (χ0v) is 15.0. The first-order valence-electron chi connectivity index (χ1n) is 8.98. The summed E-state index contributed by atoms with van der Waals surface area (Å²) in [5.74, 6) is 0.458. The van der Waals surface area contributed by atoms with E-state index in [0.29, 0.717) is 19.6 Å². The van der Waals surface area contributed by atoms with Gasteiger partial charge in [0.15, 0.2) is 0 Å². The maximum absolute atomic E-state index is 10.9. The molecule has 136 valence electrons. The molecule has 2 rings (SSSR count). The zero-order valence-electron chi connectivity index (χ0n) is 15.0. The number of esters is 1. The van der Waals surface area contributed by atoms with Gasteiger partial charge in [-0.3, -0.25) is 0 Å². The number of benzene rings is 1. The molecule has 0 saturated carbocycles. The fourth-order valence-corrected chi connectivity index (χ4v) is 2.81. The van der Waals surface area contributed by atoms with E-state index in [1.165, 1.54) is 6.08 Å². The highest BCUT2D eigenvalue weighted by molar-refractivity contribution is 5.81. The highest BCUT2D eigenvalue weighted by Crippen LogP contribution is 2.33. The molecule has 26 heavy (non-hydrogen) atoms. The number of allylic oxidation sites excluding steroid dienone is 3. The molecule has 0 saturated heterocycles. The van der Waals surface area contributed by atoms with Gasteiger partial charge in [-0.25, -0.2) is 4.79 Å². The lowest BCUT2D eigenvalue weighted by atomic mass is 9.76. The molecule has 1 aliphatic rings. The Balaban J connectivity index is 1.66. The normalized spacial score (nSPS) is 18.5. The van der Waals surface area contributed by atoms with Crippen molar-refractivity contribution >= 4 is 5.97 Å².